The minimum absolute atomic E-state index is 0.223. The third-order valence-electron chi connectivity index (χ3n) is 1.68. The predicted octanol–water partition coefficient (Wildman–Crippen LogP) is 2.60. The molecular formula is C10H11BrO2. The van der Waals surface area contributed by atoms with Crippen molar-refractivity contribution in [1.82, 2.24) is 0 Å². The highest BCUT2D eigenvalue weighted by atomic mass is 79.9. The first-order chi connectivity index (χ1) is 6.13. The summed E-state index contributed by atoms with van der Waals surface area (Å²) < 4.78 is 5.09. The smallest absolute Gasteiger partial charge is 0.321 e. The first-order valence-corrected chi connectivity index (χ1v) is 5.09. The van der Waals surface area contributed by atoms with Gasteiger partial charge in [-0.2, -0.15) is 0 Å². The number of benzene rings is 1. The summed E-state index contributed by atoms with van der Waals surface area (Å²) in [6.45, 7) is 3.88. The van der Waals surface area contributed by atoms with Crippen LogP contribution < -0.4 is 4.74 Å². The van der Waals surface area contributed by atoms with Gasteiger partial charge in [-0.15, -0.1) is 0 Å². The first-order valence-electron chi connectivity index (χ1n) is 3.97. The second-order valence-corrected chi connectivity index (χ2v) is 3.44. The Kier molecular flexibility index (Phi) is 3.48. The van der Waals surface area contributed by atoms with Crippen LogP contribution in [0.3, 0.4) is 0 Å². The van der Waals surface area contributed by atoms with Gasteiger partial charge in [0.25, 0.3) is 0 Å². The van der Waals surface area contributed by atoms with E-state index in [1.807, 2.05) is 32.0 Å². The van der Waals surface area contributed by atoms with Gasteiger partial charge in [-0.05, 0) is 31.0 Å². The van der Waals surface area contributed by atoms with Gasteiger partial charge in [0.15, 0.2) is 0 Å². The number of hydrogen-bond donors (Lipinski definition) is 0. The van der Waals surface area contributed by atoms with Crippen LogP contribution in [-0.2, 0) is 4.79 Å². The van der Waals surface area contributed by atoms with Gasteiger partial charge in [0.2, 0.25) is 0 Å². The lowest BCUT2D eigenvalue weighted by atomic mass is 10.1. The van der Waals surface area contributed by atoms with E-state index in [9.17, 15) is 4.79 Å². The predicted molar refractivity (Wildman–Crippen MR) is 55.3 cm³/mol. The fraction of sp³-hybridized carbons (Fsp3) is 0.300. The highest BCUT2D eigenvalue weighted by Crippen LogP contribution is 2.19. The van der Waals surface area contributed by atoms with Gasteiger partial charge >= 0.3 is 5.97 Å². The summed E-state index contributed by atoms with van der Waals surface area (Å²) in [6.07, 6.45) is 0. The van der Waals surface area contributed by atoms with Crippen molar-refractivity contribution in [2.75, 3.05) is 5.33 Å². The minimum atomic E-state index is -0.270. The van der Waals surface area contributed by atoms with Crippen molar-refractivity contribution >= 4 is 21.9 Å². The van der Waals surface area contributed by atoms with E-state index >= 15 is 0 Å². The van der Waals surface area contributed by atoms with E-state index in [2.05, 4.69) is 15.9 Å². The zero-order valence-electron chi connectivity index (χ0n) is 7.63. The van der Waals surface area contributed by atoms with E-state index in [-0.39, 0.29) is 11.3 Å². The van der Waals surface area contributed by atoms with Crippen LogP contribution in [0.2, 0.25) is 0 Å². The van der Waals surface area contributed by atoms with Gasteiger partial charge in [-0.3, -0.25) is 4.79 Å². The summed E-state index contributed by atoms with van der Waals surface area (Å²) in [6, 6.07) is 5.78. The number of aryl methyl sites for hydroxylation is 2. The van der Waals surface area contributed by atoms with E-state index in [0.29, 0.717) is 5.75 Å². The first kappa shape index (κ1) is 10.3. The van der Waals surface area contributed by atoms with Gasteiger partial charge < -0.3 is 4.74 Å². The van der Waals surface area contributed by atoms with Crippen LogP contribution in [0.4, 0.5) is 0 Å². The van der Waals surface area contributed by atoms with Crippen LogP contribution in [0.25, 0.3) is 0 Å². The summed E-state index contributed by atoms with van der Waals surface area (Å²) >= 11 is 3.04. The Balaban J connectivity index is 2.87. The molecule has 0 radical (unpaired) electrons. The Morgan fingerprint density at radius 1 is 1.46 bits per heavy atom. The molecule has 0 heterocycles. The number of esters is 1. The molecule has 0 saturated heterocycles. The number of carbonyl (C=O) groups excluding carboxylic acids is 1. The molecule has 1 aromatic rings. The van der Waals surface area contributed by atoms with Crippen molar-refractivity contribution < 1.29 is 9.53 Å². The lowest BCUT2D eigenvalue weighted by Gasteiger charge is -2.06. The fourth-order valence-corrected chi connectivity index (χ4v) is 1.08. The van der Waals surface area contributed by atoms with E-state index in [1.165, 1.54) is 0 Å². The highest BCUT2D eigenvalue weighted by Gasteiger charge is 2.04. The van der Waals surface area contributed by atoms with Crippen LogP contribution in [-0.4, -0.2) is 11.3 Å². The maximum atomic E-state index is 11.0. The van der Waals surface area contributed by atoms with E-state index in [4.69, 9.17) is 4.74 Å². The van der Waals surface area contributed by atoms with Gasteiger partial charge in [0.05, 0.1) is 0 Å². The number of ether oxygens (including phenoxy) is 1. The Hall–Kier alpha value is -0.830. The molecule has 0 N–H and O–H groups in total. The average molecular weight is 243 g/mol. The third kappa shape index (κ3) is 2.84. The molecule has 1 rings (SSSR count). The fourth-order valence-electron chi connectivity index (χ4n) is 0.967. The SMILES string of the molecule is Cc1ccc(C)c(OC(=O)CBr)c1. The van der Waals surface area contributed by atoms with Crippen molar-refractivity contribution in [2.45, 2.75) is 13.8 Å². The Labute approximate surface area is 86.0 Å². The number of alkyl halides is 1. The topological polar surface area (TPSA) is 26.3 Å². The molecule has 0 aliphatic carbocycles. The third-order valence-corrected chi connectivity index (χ3v) is 2.13. The molecule has 0 aliphatic rings. The largest absolute Gasteiger partial charge is 0.426 e. The summed E-state index contributed by atoms with van der Waals surface area (Å²) in [5, 5.41) is 0.223. The van der Waals surface area contributed by atoms with Crippen molar-refractivity contribution in [2.24, 2.45) is 0 Å². The molecule has 0 bridgehead atoms. The van der Waals surface area contributed by atoms with Crippen LogP contribution in [0.1, 0.15) is 11.1 Å². The van der Waals surface area contributed by atoms with Crippen molar-refractivity contribution in [1.29, 1.82) is 0 Å². The molecule has 0 aromatic heterocycles. The van der Waals surface area contributed by atoms with E-state index < -0.39 is 0 Å². The molecule has 0 amide bonds. The highest BCUT2D eigenvalue weighted by molar-refractivity contribution is 9.09. The number of rotatable bonds is 2. The van der Waals surface area contributed by atoms with E-state index in [0.717, 1.165) is 11.1 Å². The maximum absolute atomic E-state index is 11.0. The van der Waals surface area contributed by atoms with Crippen LogP contribution in [0.5, 0.6) is 5.75 Å². The maximum Gasteiger partial charge on any atom is 0.321 e. The standard InChI is InChI=1S/C10H11BrO2/c1-7-3-4-8(2)9(5-7)13-10(12)6-11/h3-5H,6H2,1-2H3. The number of halogens is 1. The Morgan fingerprint density at radius 2 is 2.15 bits per heavy atom. The molecule has 1 aromatic carbocycles. The molecular weight excluding hydrogens is 232 g/mol. The Morgan fingerprint density at radius 3 is 2.77 bits per heavy atom. The van der Waals surface area contributed by atoms with Crippen LogP contribution >= 0.6 is 15.9 Å². The molecule has 0 atom stereocenters. The second-order valence-electron chi connectivity index (χ2n) is 2.88. The van der Waals surface area contributed by atoms with Crippen molar-refractivity contribution in [3.05, 3.63) is 29.3 Å². The van der Waals surface area contributed by atoms with Crippen molar-refractivity contribution in [3.63, 3.8) is 0 Å². The summed E-state index contributed by atoms with van der Waals surface area (Å²) in [7, 11) is 0. The van der Waals surface area contributed by atoms with Crippen molar-refractivity contribution in [3.8, 4) is 5.75 Å². The lowest BCUT2D eigenvalue weighted by Crippen LogP contribution is -2.09. The van der Waals surface area contributed by atoms with Gasteiger partial charge in [-0.25, -0.2) is 0 Å². The second kappa shape index (κ2) is 4.42. The zero-order chi connectivity index (χ0) is 9.84. The van der Waals surface area contributed by atoms with E-state index in [1.54, 1.807) is 0 Å². The molecule has 0 aliphatic heterocycles. The minimum Gasteiger partial charge on any atom is -0.426 e. The van der Waals surface area contributed by atoms with Gasteiger partial charge in [0.1, 0.15) is 11.1 Å². The Bertz CT molecular complexity index is 321. The molecule has 0 saturated carbocycles. The normalized spacial score (nSPS) is 9.77. The molecule has 3 heteroatoms. The summed E-state index contributed by atoms with van der Waals surface area (Å²) in [4.78, 5) is 11.0. The molecule has 0 spiro atoms. The van der Waals surface area contributed by atoms with Gasteiger partial charge in [0, 0.05) is 0 Å². The van der Waals surface area contributed by atoms with Crippen LogP contribution in [0, 0.1) is 13.8 Å². The quantitative estimate of drug-likeness (QED) is 0.453. The number of hydrogen-bond acceptors (Lipinski definition) is 2. The number of carbonyl (C=O) groups is 1. The molecule has 70 valence electrons. The molecule has 13 heavy (non-hydrogen) atoms. The van der Waals surface area contributed by atoms with Gasteiger partial charge in [-0.1, -0.05) is 28.1 Å². The van der Waals surface area contributed by atoms with Crippen LogP contribution in [0.15, 0.2) is 18.2 Å². The zero-order valence-corrected chi connectivity index (χ0v) is 9.22. The average Bonchev–Trinajstić information content (AvgIpc) is 2.11. The monoisotopic (exact) mass is 242 g/mol. The summed E-state index contributed by atoms with van der Waals surface area (Å²) in [5.41, 5.74) is 2.06. The molecule has 0 unspecified atom stereocenters. The molecule has 0 fully saturated rings. The summed E-state index contributed by atoms with van der Waals surface area (Å²) in [5.74, 6) is 0.373. The lowest BCUT2D eigenvalue weighted by molar-refractivity contribution is -0.131. The molecule has 2 nitrogen and oxygen atoms in total.